The van der Waals surface area contributed by atoms with Gasteiger partial charge in [-0.3, -0.25) is 4.72 Å². The molecule has 0 aliphatic rings. The fourth-order valence-corrected chi connectivity index (χ4v) is 3.15. The van der Waals surface area contributed by atoms with Crippen molar-refractivity contribution in [1.29, 1.82) is 0 Å². The summed E-state index contributed by atoms with van der Waals surface area (Å²) >= 11 is 5.34. The maximum Gasteiger partial charge on any atom is 0.229 e. The van der Waals surface area contributed by atoms with Gasteiger partial charge >= 0.3 is 0 Å². The fourth-order valence-electron chi connectivity index (χ4n) is 0.781. The van der Waals surface area contributed by atoms with Gasteiger partial charge in [-0.15, -0.1) is 0 Å². The van der Waals surface area contributed by atoms with Crippen molar-refractivity contribution in [3.05, 3.63) is 26.2 Å². The van der Waals surface area contributed by atoms with E-state index >= 15 is 0 Å². The van der Waals surface area contributed by atoms with Crippen molar-refractivity contribution in [3.63, 3.8) is 0 Å². The summed E-state index contributed by atoms with van der Waals surface area (Å²) in [6.45, 7) is 0. The number of benzene rings is 1. The number of anilines is 1. The Kier molecular flexibility index (Phi) is 3.58. The van der Waals surface area contributed by atoms with Crippen molar-refractivity contribution in [1.82, 2.24) is 0 Å². The molecule has 0 saturated heterocycles. The monoisotopic (exact) mass is 375 g/mol. The van der Waals surface area contributed by atoms with Gasteiger partial charge < -0.3 is 0 Å². The largest absolute Gasteiger partial charge is 0.282 e. The third-order valence-electron chi connectivity index (χ3n) is 1.25. The molecule has 0 unspecified atom stereocenters. The standard InChI is InChI=1S/C7H7BrINO2S/c1-13(11,12)10-7-5(8)3-2-4-6(7)9/h2-4,10H,1H3. The molecule has 0 amide bonds. The Morgan fingerprint density at radius 1 is 1.46 bits per heavy atom. The normalized spacial score (nSPS) is 11.3. The van der Waals surface area contributed by atoms with Gasteiger partial charge in [0.15, 0.2) is 0 Å². The topological polar surface area (TPSA) is 46.2 Å². The molecule has 72 valence electrons. The number of sulfonamides is 1. The van der Waals surface area contributed by atoms with Crippen LogP contribution in [0.1, 0.15) is 0 Å². The Balaban J connectivity index is 3.15. The van der Waals surface area contributed by atoms with E-state index in [1.54, 1.807) is 6.07 Å². The van der Waals surface area contributed by atoms with Crippen LogP contribution in [-0.2, 0) is 10.0 Å². The lowest BCUT2D eigenvalue weighted by molar-refractivity contribution is 0.607. The molecule has 0 fully saturated rings. The lowest BCUT2D eigenvalue weighted by Gasteiger charge is -2.07. The maximum atomic E-state index is 11.0. The second-order valence-corrected chi connectivity index (χ2v) is 6.24. The fraction of sp³-hybridized carbons (Fsp3) is 0.143. The Morgan fingerprint density at radius 2 is 2.08 bits per heavy atom. The van der Waals surface area contributed by atoms with Crippen molar-refractivity contribution < 1.29 is 8.42 Å². The zero-order chi connectivity index (χ0) is 10.1. The molecule has 0 spiro atoms. The Labute approximate surface area is 99.2 Å². The number of para-hydroxylation sites is 1. The highest BCUT2D eigenvalue weighted by atomic mass is 127. The van der Waals surface area contributed by atoms with E-state index in [-0.39, 0.29) is 0 Å². The van der Waals surface area contributed by atoms with Crippen LogP contribution in [0.25, 0.3) is 0 Å². The number of rotatable bonds is 2. The second kappa shape index (κ2) is 4.14. The van der Waals surface area contributed by atoms with E-state index < -0.39 is 10.0 Å². The van der Waals surface area contributed by atoms with Gasteiger partial charge in [0.1, 0.15) is 0 Å². The lowest BCUT2D eigenvalue weighted by atomic mass is 10.3. The average molecular weight is 376 g/mol. The Bertz CT molecular complexity index is 398. The molecule has 0 saturated carbocycles. The molecule has 3 nitrogen and oxygen atoms in total. The Hall–Kier alpha value is 0.180. The molecule has 1 rings (SSSR count). The maximum absolute atomic E-state index is 11.0. The van der Waals surface area contributed by atoms with Gasteiger partial charge in [0.05, 0.1) is 11.9 Å². The third kappa shape index (κ3) is 3.43. The predicted molar refractivity (Wildman–Crippen MR) is 65.3 cm³/mol. The summed E-state index contributed by atoms with van der Waals surface area (Å²) in [6.07, 6.45) is 1.13. The molecule has 0 radical (unpaired) electrons. The van der Waals surface area contributed by atoms with Crippen LogP contribution in [0, 0.1) is 3.57 Å². The quantitative estimate of drug-likeness (QED) is 0.807. The summed E-state index contributed by atoms with van der Waals surface area (Å²) in [7, 11) is -3.21. The summed E-state index contributed by atoms with van der Waals surface area (Å²) in [4.78, 5) is 0. The minimum absolute atomic E-state index is 0.589. The predicted octanol–water partition coefficient (Wildman–Crippen LogP) is 2.43. The van der Waals surface area contributed by atoms with Crippen LogP contribution in [0.2, 0.25) is 0 Å². The van der Waals surface area contributed by atoms with Gasteiger partial charge in [-0.1, -0.05) is 6.07 Å². The van der Waals surface area contributed by atoms with Crippen LogP contribution in [0.5, 0.6) is 0 Å². The lowest BCUT2D eigenvalue weighted by Crippen LogP contribution is -2.11. The van der Waals surface area contributed by atoms with E-state index in [4.69, 9.17) is 0 Å². The molecule has 0 aliphatic heterocycles. The molecule has 13 heavy (non-hydrogen) atoms. The van der Waals surface area contributed by atoms with Crippen LogP contribution >= 0.6 is 38.5 Å². The van der Waals surface area contributed by atoms with Gasteiger partial charge in [-0.05, 0) is 50.7 Å². The molecule has 0 bridgehead atoms. The minimum Gasteiger partial charge on any atom is -0.282 e. The summed E-state index contributed by atoms with van der Waals surface area (Å²) in [5.74, 6) is 0. The first-order chi connectivity index (χ1) is 5.90. The molecular formula is C7H7BrINO2S. The number of halogens is 2. The first-order valence-corrected chi connectivity index (χ1v) is 7.08. The highest BCUT2D eigenvalue weighted by molar-refractivity contribution is 14.1. The van der Waals surface area contributed by atoms with Gasteiger partial charge in [0, 0.05) is 8.04 Å². The SMILES string of the molecule is CS(=O)(=O)Nc1c(Br)cccc1I. The average Bonchev–Trinajstić information content (AvgIpc) is 1.95. The van der Waals surface area contributed by atoms with Gasteiger partial charge in [-0.2, -0.15) is 0 Å². The summed E-state index contributed by atoms with van der Waals surface area (Å²) < 4.78 is 26.0. The third-order valence-corrected chi connectivity index (χ3v) is 3.38. The van der Waals surface area contributed by atoms with E-state index in [0.717, 1.165) is 14.3 Å². The minimum atomic E-state index is -3.21. The van der Waals surface area contributed by atoms with Gasteiger partial charge in [0.2, 0.25) is 10.0 Å². The van der Waals surface area contributed by atoms with Gasteiger partial charge in [-0.25, -0.2) is 8.42 Å². The first kappa shape index (κ1) is 11.3. The summed E-state index contributed by atoms with van der Waals surface area (Å²) in [5.41, 5.74) is 0.589. The number of nitrogens with one attached hydrogen (secondary N) is 1. The zero-order valence-corrected chi connectivity index (χ0v) is 11.3. The summed E-state index contributed by atoms with van der Waals surface area (Å²) in [5, 5.41) is 0. The van der Waals surface area contributed by atoms with Crippen molar-refractivity contribution in [2.45, 2.75) is 0 Å². The van der Waals surface area contributed by atoms with Crippen molar-refractivity contribution in [3.8, 4) is 0 Å². The van der Waals surface area contributed by atoms with E-state index in [9.17, 15) is 8.42 Å². The van der Waals surface area contributed by atoms with Crippen LogP contribution in [-0.4, -0.2) is 14.7 Å². The van der Waals surface area contributed by atoms with Crippen LogP contribution in [0.4, 0.5) is 5.69 Å². The molecular weight excluding hydrogens is 369 g/mol. The number of hydrogen-bond donors (Lipinski definition) is 1. The van der Waals surface area contributed by atoms with E-state index in [1.807, 2.05) is 12.1 Å². The van der Waals surface area contributed by atoms with Crippen LogP contribution < -0.4 is 4.72 Å². The molecule has 1 aromatic rings. The van der Waals surface area contributed by atoms with Crippen LogP contribution in [0.15, 0.2) is 22.7 Å². The first-order valence-electron chi connectivity index (χ1n) is 3.32. The smallest absolute Gasteiger partial charge is 0.229 e. The van der Waals surface area contributed by atoms with Crippen molar-refractivity contribution >= 4 is 54.2 Å². The van der Waals surface area contributed by atoms with Crippen molar-refractivity contribution in [2.24, 2.45) is 0 Å². The Morgan fingerprint density at radius 3 is 2.54 bits per heavy atom. The molecule has 6 heteroatoms. The van der Waals surface area contributed by atoms with E-state index in [0.29, 0.717) is 5.69 Å². The molecule has 0 aliphatic carbocycles. The van der Waals surface area contributed by atoms with Crippen molar-refractivity contribution in [2.75, 3.05) is 11.0 Å². The molecule has 0 heterocycles. The molecule has 0 atom stereocenters. The zero-order valence-electron chi connectivity index (χ0n) is 6.71. The van der Waals surface area contributed by atoms with Gasteiger partial charge in [0.25, 0.3) is 0 Å². The highest BCUT2D eigenvalue weighted by Crippen LogP contribution is 2.28. The highest BCUT2D eigenvalue weighted by Gasteiger charge is 2.08. The number of hydrogen-bond acceptors (Lipinski definition) is 2. The molecule has 0 aromatic heterocycles. The second-order valence-electron chi connectivity index (χ2n) is 2.47. The molecule has 1 N–H and O–H groups in total. The van der Waals surface area contributed by atoms with E-state index in [1.165, 1.54) is 0 Å². The molecule has 1 aromatic carbocycles. The summed E-state index contributed by atoms with van der Waals surface area (Å²) in [6, 6.07) is 5.47. The van der Waals surface area contributed by atoms with E-state index in [2.05, 4.69) is 43.2 Å². The van der Waals surface area contributed by atoms with Crippen LogP contribution in [0.3, 0.4) is 0 Å².